The predicted molar refractivity (Wildman–Crippen MR) is 86.6 cm³/mol. The number of rotatable bonds is 3. The van der Waals surface area contributed by atoms with Gasteiger partial charge in [0.25, 0.3) is 0 Å². The van der Waals surface area contributed by atoms with Crippen molar-refractivity contribution in [3.8, 4) is 6.07 Å². The molecule has 0 amide bonds. The van der Waals surface area contributed by atoms with E-state index in [1.165, 1.54) is 11.8 Å². The monoisotopic (exact) mass is 316 g/mol. The Morgan fingerprint density at radius 3 is 2.76 bits per heavy atom. The molecule has 106 valence electrons. The highest BCUT2D eigenvalue weighted by molar-refractivity contribution is 7.98. The van der Waals surface area contributed by atoms with Gasteiger partial charge in [0.1, 0.15) is 16.9 Å². The van der Waals surface area contributed by atoms with Crippen molar-refractivity contribution >= 4 is 35.2 Å². The first-order valence-corrected chi connectivity index (χ1v) is 7.19. The van der Waals surface area contributed by atoms with Crippen molar-refractivity contribution in [3.05, 3.63) is 53.5 Å². The van der Waals surface area contributed by atoms with Crippen LogP contribution in [0.5, 0.6) is 0 Å². The molecule has 0 aliphatic heterocycles. The van der Waals surface area contributed by atoms with Crippen LogP contribution in [-0.2, 0) is 5.75 Å². The maximum absolute atomic E-state index is 9.09. The van der Waals surface area contributed by atoms with Crippen LogP contribution < -0.4 is 0 Å². The highest BCUT2D eigenvalue weighted by Gasteiger charge is 2.07. The molecular formula is C15H13ClN4S. The van der Waals surface area contributed by atoms with Crippen molar-refractivity contribution in [1.29, 1.82) is 5.26 Å². The van der Waals surface area contributed by atoms with Crippen LogP contribution in [0.2, 0.25) is 0 Å². The van der Waals surface area contributed by atoms with E-state index in [1.54, 1.807) is 0 Å². The van der Waals surface area contributed by atoms with E-state index in [0.29, 0.717) is 11.3 Å². The number of aryl methyl sites for hydroxylation is 1. The van der Waals surface area contributed by atoms with E-state index >= 15 is 0 Å². The van der Waals surface area contributed by atoms with Gasteiger partial charge in [-0.3, -0.25) is 0 Å². The average molecular weight is 317 g/mol. The molecule has 21 heavy (non-hydrogen) atoms. The van der Waals surface area contributed by atoms with Crippen LogP contribution in [0.25, 0.3) is 11.0 Å². The molecule has 1 aromatic carbocycles. The fourth-order valence-corrected chi connectivity index (χ4v) is 2.83. The minimum atomic E-state index is 0. The summed E-state index contributed by atoms with van der Waals surface area (Å²) in [5.41, 5.74) is 3.51. The number of para-hydroxylation sites is 2. The molecule has 0 unspecified atom stereocenters. The summed E-state index contributed by atoms with van der Waals surface area (Å²) in [7, 11) is 0. The van der Waals surface area contributed by atoms with Crippen molar-refractivity contribution in [2.24, 2.45) is 0 Å². The van der Waals surface area contributed by atoms with E-state index in [4.69, 9.17) is 5.26 Å². The van der Waals surface area contributed by atoms with Crippen molar-refractivity contribution in [2.45, 2.75) is 17.7 Å². The molecule has 1 N–H and O–H groups in total. The van der Waals surface area contributed by atoms with Gasteiger partial charge in [-0.1, -0.05) is 23.9 Å². The molecule has 4 nitrogen and oxygen atoms in total. The SMILES string of the molecule is Cc1ccc(C#N)c(SCc2nc3ccccc3[nH]2)n1.Cl. The van der Waals surface area contributed by atoms with E-state index in [2.05, 4.69) is 21.0 Å². The van der Waals surface area contributed by atoms with E-state index in [0.717, 1.165) is 27.6 Å². The molecule has 0 saturated heterocycles. The number of hydrogen-bond acceptors (Lipinski definition) is 4. The Morgan fingerprint density at radius 2 is 2.00 bits per heavy atom. The first-order valence-electron chi connectivity index (χ1n) is 6.20. The molecule has 3 rings (SSSR count). The Kier molecular flexibility index (Phi) is 4.84. The smallest absolute Gasteiger partial charge is 0.117 e. The zero-order valence-electron chi connectivity index (χ0n) is 11.3. The Labute approximate surface area is 133 Å². The molecule has 2 aromatic heterocycles. The van der Waals surface area contributed by atoms with Crippen LogP contribution in [0.4, 0.5) is 0 Å². The first kappa shape index (κ1) is 15.4. The third-order valence-corrected chi connectivity index (χ3v) is 3.91. The number of imidazole rings is 1. The summed E-state index contributed by atoms with van der Waals surface area (Å²) in [6.45, 7) is 1.92. The van der Waals surface area contributed by atoms with Crippen molar-refractivity contribution in [1.82, 2.24) is 15.0 Å². The highest BCUT2D eigenvalue weighted by atomic mass is 35.5. The molecule has 6 heteroatoms. The second-order valence-electron chi connectivity index (χ2n) is 4.41. The van der Waals surface area contributed by atoms with Gasteiger partial charge in [0.15, 0.2) is 0 Å². The number of nitrogens with zero attached hydrogens (tertiary/aromatic N) is 3. The van der Waals surface area contributed by atoms with E-state index in [9.17, 15) is 0 Å². The minimum absolute atomic E-state index is 0. The number of fused-ring (bicyclic) bond motifs is 1. The van der Waals surface area contributed by atoms with Crippen LogP contribution in [-0.4, -0.2) is 15.0 Å². The lowest BCUT2D eigenvalue weighted by molar-refractivity contribution is 1.04. The molecule has 3 aromatic rings. The lowest BCUT2D eigenvalue weighted by atomic mass is 10.3. The molecule has 0 radical (unpaired) electrons. The van der Waals surface area contributed by atoms with Crippen LogP contribution >= 0.6 is 24.2 Å². The third kappa shape index (κ3) is 3.35. The third-order valence-electron chi connectivity index (χ3n) is 2.90. The average Bonchev–Trinajstić information content (AvgIpc) is 2.88. The van der Waals surface area contributed by atoms with Gasteiger partial charge in [-0.15, -0.1) is 12.4 Å². The lowest BCUT2D eigenvalue weighted by Crippen LogP contribution is -1.91. The molecular weight excluding hydrogens is 304 g/mol. The minimum Gasteiger partial charge on any atom is -0.341 e. The van der Waals surface area contributed by atoms with Crippen molar-refractivity contribution < 1.29 is 0 Å². The largest absolute Gasteiger partial charge is 0.341 e. The van der Waals surface area contributed by atoms with Crippen LogP contribution in [0.3, 0.4) is 0 Å². The Balaban J connectivity index is 0.00000161. The number of nitriles is 1. The summed E-state index contributed by atoms with van der Waals surface area (Å²) in [6, 6.07) is 13.8. The van der Waals surface area contributed by atoms with Crippen molar-refractivity contribution in [3.63, 3.8) is 0 Å². The topological polar surface area (TPSA) is 65.4 Å². The van der Waals surface area contributed by atoms with Gasteiger partial charge in [0.2, 0.25) is 0 Å². The van der Waals surface area contributed by atoms with Crippen molar-refractivity contribution in [2.75, 3.05) is 0 Å². The molecule has 0 spiro atoms. The predicted octanol–water partition coefficient (Wildman–Crippen LogP) is 3.85. The maximum atomic E-state index is 9.09. The molecule has 0 atom stereocenters. The number of thioether (sulfide) groups is 1. The number of H-pyrrole nitrogens is 1. The van der Waals surface area contributed by atoms with E-state index in [-0.39, 0.29) is 12.4 Å². The van der Waals surface area contributed by atoms with Gasteiger partial charge < -0.3 is 4.98 Å². The van der Waals surface area contributed by atoms with E-state index < -0.39 is 0 Å². The van der Waals surface area contributed by atoms with Crippen LogP contribution in [0.15, 0.2) is 41.4 Å². The molecule has 0 fully saturated rings. The number of pyridine rings is 1. The molecule has 0 bridgehead atoms. The number of aromatic nitrogens is 3. The quantitative estimate of drug-likeness (QED) is 0.745. The zero-order chi connectivity index (χ0) is 13.9. The van der Waals surface area contributed by atoms with Crippen LogP contribution in [0, 0.1) is 18.3 Å². The standard InChI is InChI=1S/C15H12N4S.ClH/c1-10-6-7-11(8-16)15(17-10)20-9-14-18-12-4-2-3-5-13(12)19-14;/h2-7H,9H2,1H3,(H,18,19);1H. The highest BCUT2D eigenvalue weighted by Crippen LogP contribution is 2.24. The lowest BCUT2D eigenvalue weighted by Gasteiger charge is -2.02. The van der Waals surface area contributed by atoms with Gasteiger partial charge in [-0.25, -0.2) is 9.97 Å². The van der Waals surface area contributed by atoms with Gasteiger partial charge in [0.05, 0.1) is 22.3 Å². The molecule has 0 aliphatic carbocycles. The van der Waals surface area contributed by atoms with Gasteiger partial charge in [0, 0.05) is 5.69 Å². The van der Waals surface area contributed by atoms with Gasteiger partial charge >= 0.3 is 0 Å². The number of aromatic amines is 1. The summed E-state index contributed by atoms with van der Waals surface area (Å²) in [6.07, 6.45) is 0. The first-order chi connectivity index (χ1) is 9.76. The Hall–Kier alpha value is -2.03. The number of nitrogens with one attached hydrogen (secondary N) is 1. The Morgan fingerprint density at radius 1 is 1.19 bits per heavy atom. The molecule has 0 aliphatic rings. The second kappa shape index (κ2) is 6.61. The fourth-order valence-electron chi connectivity index (χ4n) is 1.94. The van der Waals surface area contributed by atoms with Crippen LogP contribution in [0.1, 0.15) is 17.1 Å². The van der Waals surface area contributed by atoms with Gasteiger partial charge in [-0.05, 0) is 31.2 Å². The zero-order valence-corrected chi connectivity index (χ0v) is 13.0. The summed E-state index contributed by atoms with van der Waals surface area (Å²) < 4.78 is 0. The fraction of sp³-hybridized carbons (Fsp3) is 0.133. The van der Waals surface area contributed by atoms with E-state index in [1.807, 2.05) is 43.3 Å². The Bertz CT molecular complexity index is 774. The number of hydrogen-bond donors (Lipinski definition) is 1. The second-order valence-corrected chi connectivity index (χ2v) is 5.37. The molecule has 0 saturated carbocycles. The summed E-state index contributed by atoms with van der Waals surface area (Å²) in [5, 5.41) is 9.85. The normalized spacial score (nSPS) is 10.1. The summed E-state index contributed by atoms with van der Waals surface area (Å²) in [4.78, 5) is 12.2. The van der Waals surface area contributed by atoms with Gasteiger partial charge in [-0.2, -0.15) is 5.26 Å². The number of benzene rings is 1. The maximum Gasteiger partial charge on any atom is 0.117 e. The summed E-state index contributed by atoms with van der Waals surface area (Å²) >= 11 is 1.53. The summed E-state index contributed by atoms with van der Waals surface area (Å²) in [5.74, 6) is 1.56. The number of halogens is 1. The molecule has 2 heterocycles.